The summed E-state index contributed by atoms with van der Waals surface area (Å²) in [5.74, 6) is 0.988. The summed E-state index contributed by atoms with van der Waals surface area (Å²) in [4.78, 5) is 30.2. The summed E-state index contributed by atoms with van der Waals surface area (Å²) in [7, 11) is 3.89. The molecule has 35 heavy (non-hydrogen) atoms. The van der Waals surface area contributed by atoms with Gasteiger partial charge in [-0.15, -0.1) is 11.3 Å². The van der Waals surface area contributed by atoms with Gasteiger partial charge in [0.25, 0.3) is 11.8 Å². The van der Waals surface area contributed by atoms with Gasteiger partial charge in [0.2, 0.25) is 0 Å². The number of carbonyl (C=O) groups excluding carboxylic acids is 2. The summed E-state index contributed by atoms with van der Waals surface area (Å²) in [6.45, 7) is 0.573. The molecule has 4 rings (SSSR count). The quantitative estimate of drug-likeness (QED) is 0.329. The molecule has 0 aliphatic heterocycles. The lowest BCUT2D eigenvalue weighted by molar-refractivity contribution is -0.118. The molecule has 0 spiro atoms. The third-order valence-corrected chi connectivity index (χ3v) is 6.12. The Morgan fingerprint density at radius 1 is 0.971 bits per heavy atom. The van der Waals surface area contributed by atoms with Gasteiger partial charge in [-0.25, -0.2) is 0 Å². The topological polar surface area (TPSA) is 75.0 Å². The monoisotopic (exact) mass is 489 g/mol. The standard InChI is InChI=1S/C27H27N3O4S/c1-29(2)24-13-12-21(28-26(31)19-34-22-8-4-3-5-9-22)16-20(24)17-30(18-23-10-6-14-33-23)27(32)25-11-7-15-35-25/h3-16H,17-19H2,1-2H3,(H,28,31). The van der Waals surface area contributed by atoms with Gasteiger partial charge < -0.3 is 24.3 Å². The summed E-state index contributed by atoms with van der Waals surface area (Å²) in [5.41, 5.74) is 2.48. The van der Waals surface area contributed by atoms with Crippen molar-refractivity contribution in [3.63, 3.8) is 0 Å². The van der Waals surface area contributed by atoms with Gasteiger partial charge >= 0.3 is 0 Å². The SMILES string of the molecule is CN(C)c1ccc(NC(=O)COc2ccccc2)cc1CN(Cc1ccco1)C(=O)c1cccs1. The van der Waals surface area contributed by atoms with Gasteiger partial charge in [-0.2, -0.15) is 0 Å². The largest absolute Gasteiger partial charge is 0.484 e. The number of nitrogens with zero attached hydrogens (tertiary/aromatic N) is 2. The van der Waals surface area contributed by atoms with Crippen LogP contribution in [0.4, 0.5) is 11.4 Å². The van der Waals surface area contributed by atoms with E-state index in [4.69, 9.17) is 9.15 Å². The maximum Gasteiger partial charge on any atom is 0.264 e. The van der Waals surface area contributed by atoms with E-state index in [2.05, 4.69) is 5.32 Å². The van der Waals surface area contributed by atoms with Crippen molar-refractivity contribution in [2.75, 3.05) is 30.9 Å². The van der Waals surface area contributed by atoms with Crippen molar-refractivity contribution in [3.05, 3.63) is 101 Å². The molecule has 0 aliphatic rings. The van der Waals surface area contributed by atoms with Crippen LogP contribution in [-0.2, 0) is 17.9 Å². The molecule has 180 valence electrons. The normalized spacial score (nSPS) is 10.6. The number of anilines is 2. The molecule has 7 nitrogen and oxygen atoms in total. The average molecular weight is 490 g/mol. The Bertz CT molecular complexity index is 1240. The second-order valence-corrected chi connectivity index (χ2v) is 9.05. The summed E-state index contributed by atoms with van der Waals surface area (Å²) >= 11 is 1.41. The molecule has 0 aliphatic carbocycles. The van der Waals surface area contributed by atoms with E-state index in [9.17, 15) is 9.59 Å². The molecule has 0 radical (unpaired) electrons. The van der Waals surface area contributed by atoms with E-state index in [1.54, 1.807) is 23.3 Å². The Morgan fingerprint density at radius 2 is 1.80 bits per heavy atom. The Labute approximate surface area is 208 Å². The Balaban J connectivity index is 1.53. The van der Waals surface area contributed by atoms with Crippen molar-refractivity contribution in [1.29, 1.82) is 0 Å². The predicted octanol–water partition coefficient (Wildman–Crippen LogP) is 5.27. The van der Waals surface area contributed by atoms with Crippen molar-refractivity contribution in [3.8, 4) is 5.75 Å². The molecule has 0 saturated heterocycles. The number of benzene rings is 2. The zero-order chi connectivity index (χ0) is 24.6. The van der Waals surface area contributed by atoms with E-state index >= 15 is 0 Å². The van der Waals surface area contributed by atoms with Crippen molar-refractivity contribution >= 4 is 34.5 Å². The van der Waals surface area contributed by atoms with E-state index in [1.807, 2.05) is 85.0 Å². The van der Waals surface area contributed by atoms with Crippen LogP contribution < -0.4 is 15.0 Å². The minimum atomic E-state index is -0.264. The first-order valence-electron chi connectivity index (χ1n) is 11.1. The van der Waals surface area contributed by atoms with Gasteiger partial charge in [0.1, 0.15) is 11.5 Å². The van der Waals surface area contributed by atoms with Gasteiger partial charge in [0.05, 0.1) is 17.7 Å². The zero-order valence-corrected chi connectivity index (χ0v) is 20.5. The molecule has 2 aromatic heterocycles. The fourth-order valence-electron chi connectivity index (χ4n) is 3.64. The number of hydrogen-bond acceptors (Lipinski definition) is 6. The Hall–Kier alpha value is -4.04. The van der Waals surface area contributed by atoms with Gasteiger partial charge in [0.15, 0.2) is 6.61 Å². The van der Waals surface area contributed by atoms with Crippen molar-refractivity contribution < 1.29 is 18.7 Å². The highest BCUT2D eigenvalue weighted by atomic mass is 32.1. The first-order valence-corrected chi connectivity index (χ1v) is 12.0. The van der Waals surface area contributed by atoms with Gasteiger partial charge in [-0.3, -0.25) is 9.59 Å². The van der Waals surface area contributed by atoms with Crippen LogP contribution in [0.15, 0.2) is 88.9 Å². The molecule has 2 heterocycles. The van der Waals surface area contributed by atoms with Crippen LogP contribution in [0.2, 0.25) is 0 Å². The molecule has 0 atom stereocenters. The molecule has 0 bridgehead atoms. The summed E-state index contributed by atoms with van der Waals surface area (Å²) < 4.78 is 11.1. The van der Waals surface area contributed by atoms with Gasteiger partial charge in [-0.1, -0.05) is 24.3 Å². The number of nitrogens with one attached hydrogen (secondary N) is 1. The molecule has 2 amide bonds. The van der Waals surface area contributed by atoms with Crippen LogP contribution in [0, 0.1) is 0 Å². The lowest BCUT2D eigenvalue weighted by Gasteiger charge is -2.25. The lowest BCUT2D eigenvalue weighted by atomic mass is 10.1. The van der Waals surface area contributed by atoms with Crippen LogP contribution in [0.3, 0.4) is 0 Å². The molecule has 0 saturated carbocycles. The number of furan rings is 1. The maximum atomic E-state index is 13.3. The third-order valence-electron chi connectivity index (χ3n) is 5.27. The van der Waals surface area contributed by atoms with E-state index < -0.39 is 0 Å². The molecule has 4 aromatic rings. The van der Waals surface area contributed by atoms with Crippen LogP contribution in [0.5, 0.6) is 5.75 Å². The summed E-state index contributed by atoms with van der Waals surface area (Å²) in [6, 6.07) is 22.2. The highest BCUT2D eigenvalue weighted by molar-refractivity contribution is 7.12. The number of carbonyl (C=O) groups is 2. The smallest absolute Gasteiger partial charge is 0.264 e. The molecule has 8 heteroatoms. The fourth-order valence-corrected chi connectivity index (χ4v) is 4.33. The molecule has 0 unspecified atom stereocenters. The first kappa shape index (κ1) is 24.1. The number of para-hydroxylation sites is 1. The number of hydrogen-bond donors (Lipinski definition) is 1. The van der Waals surface area contributed by atoms with Gasteiger partial charge in [-0.05, 0) is 59.5 Å². The first-order chi connectivity index (χ1) is 17.0. The minimum Gasteiger partial charge on any atom is -0.484 e. The third kappa shape index (κ3) is 6.51. The highest BCUT2D eigenvalue weighted by Crippen LogP contribution is 2.26. The van der Waals surface area contributed by atoms with Crippen LogP contribution in [0.1, 0.15) is 21.0 Å². The molecule has 1 N–H and O–H groups in total. The highest BCUT2D eigenvalue weighted by Gasteiger charge is 2.21. The zero-order valence-electron chi connectivity index (χ0n) is 19.6. The Morgan fingerprint density at radius 3 is 2.49 bits per heavy atom. The predicted molar refractivity (Wildman–Crippen MR) is 138 cm³/mol. The number of ether oxygens (including phenoxy) is 1. The maximum absolute atomic E-state index is 13.3. The Kier molecular flexibility index (Phi) is 7.84. The number of thiophene rings is 1. The summed E-state index contributed by atoms with van der Waals surface area (Å²) in [5, 5.41) is 4.78. The van der Waals surface area contributed by atoms with E-state index in [0.29, 0.717) is 35.2 Å². The molecule has 0 fully saturated rings. The van der Waals surface area contributed by atoms with E-state index in [1.165, 1.54) is 11.3 Å². The van der Waals surface area contributed by atoms with E-state index in [-0.39, 0.29) is 18.4 Å². The summed E-state index contributed by atoms with van der Waals surface area (Å²) in [6.07, 6.45) is 1.60. The van der Waals surface area contributed by atoms with Crippen molar-refractivity contribution in [2.45, 2.75) is 13.1 Å². The van der Waals surface area contributed by atoms with Crippen LogP contribution in [0.25, 0.3) is 0 Å². The number of rotatable bonds is 10. The molecule has 2 aromatic carbocycles. The van der Waals surface area contributed by atoms with E-state index in [0.717, 1.165) is 11.3 Å². The second-order valence-electron chi connectivity index (χ2n) is 8.11. The molecular weight excluding hydrogens is 462 g/mol. The van der Waals surface area contributed by atoms with Gasteiger partial charge in [0, 0.05) is 32.0 Å². The average Bonchev–Trinajstić information content (AvgIpc) is 3.57. The van der Waals surface area contributed by atoms with Crippen molar-refractivity contribution in [1.82, 2.24) is 4.90 Å². The van der Waals surface area contributed by atoms with Crippen LogP contribution >= 0.6 is 11.3 Å². The second kappa shape index (κ2) is 11.4. The minimum absolute atomic E-state index is 0.0770. The number of amides is 2. The lowest BCUT2D eigenvalue weighted by Crippen LogP contribution is -2.30. The van der Waals surface area contributed by atoms with Crippen molar-refractivity contribution in [2.24, 2.45) is 0 Å². The van der Waals surface area contributed by atoms with Crippen LogP contribution in [-0.4, -0.2) is 37.4 Å². The molecular formula is C27H27N3O4S. The fraction of sp³-hybridized carbons (Fsp3) is 0.185.